The first kappa shape index (κ1) is 18.6. The molecular weight excluding hydrogens is 294 g/mol. The van der Waals surface area contributed by atoms with Crippen LogP contribution in [0.25, 0.3) is 6.08 Å². The largest absolute Gasteiger partial charge is 0.459 e. The molecule has 0 radical (unpaired) electrons. The molecule has 23 heavy (non-hydrogen) atoms. The highest BCUT2D eigenvalue weighted by Crippen LogP contribution is 2.23. The molecule has 5 nitrogen and oxygen atoms in total. The summed E-state index contributed by atoms with van der Waals surface area (Å²) >= 11 is 0. The van der Waals surface area contributed by atoms with E-state index >= 15 is 0 Å². The van der Waals surface area contributed by atoms with Crippen LogP contribution in [-0.4, -0.2) is 30.2 Å². The zero-order valence-electron chi connectivity index (χ0n) is 14.0. The fourth-order valence-electron chi connectivity index (χ4n) is 2.03. The Morgan fingerprint density at radius 3 is 2.52 bits per heavy atom. The van der Waals surface area contributed by atoms with Gasteiger partial charge in [0.05, 0.1) is 0 Å². The minimum atomic E-state index is -0.560. The number of carbonyl (C=O) groups excluding carboxylic acids is 3. The van der Waals surface area contributed by atoms with Crippen LogP contribution in [0.1, 0.15) is 50.0 Å². The number of esters is 1. The second-order valence-electron chi connectivity index (χ2n) is 5.98. The predicted octanol–water partition coefficient (Wildman–Crippen LogP) is 3.25. The van der Waals surface area contributed by atoms with Gasteiger partial charge in [0.15, 0.2) is 5.78 Å². The minimum absolute atomic E-state index is 0.0396. The number of nitrogens with one attached hydrogen (secondary N) is 1. The van der Waals surface area contributed by atoms with Crippen LogP contribution in [0.3, 0.4) is 0 Å². The van der Waals surface area contributed by atoms with Gasteiger partial charge in [-0.05, 0) is 38.5 Å². The lowest BCUT2D eigenvalue weighted by Crippen LogP contribution is -2.28. The normalized spacial score (nSPS) is 11.3. The molecule has 0 saturated carbocycles. The number of ketones is 1. The first-order valence-electron chi connectivity index (χ1n) is 7.52. The Bertz CT molecular complexity index is 612. The molecule has 0 aliphatic carbocycles. The number of hydrogen-bond acceptors (Lipinski definition) is 5. The van der Waals surface area contributed by atoms with Crippen molar-refractivity contribution in [2.75, 3.05) is 11.9 Å². The molecule has 0 spiro atoms. The van der Waals surface area contributed by atoms with Crippen LogP contribution in [0.15, 0.2) is 24.3 Å². The number of carbonyl (C=O) groups is 3. The lowest BCUT2D eigenvalue weighted by atomic mass is 9.99. The lowest BCUT2D eigenvalue weighted by molar-refractivity contribution is -0.152. The zero-order chi connectivity index (χ0) is 17.5. The highest BCUT2D eigenvalue weighted by Gasteiger charge is 2.18. The Labute approximate surface area is 136 Å². The molecule has 1 aromatic rings. The van der Waals surface area contributed by atoms with Crippen molar-refractivity contribution < 1.29 is 19.1 Å². The summed E-state index contributed by atoms with van der Waals surface area (Å²) in [6, 6.07) is 5.24. The molecule has 0 aliphatic rings. The maximum absolute atomic E-state index is 12.2. The minimum Gasteiger partial charge on any atom is -0.459 e. The van der Waals surface area contributed by atoms with Gasteiger partial charge in [0.25, 0.3) is 0 Å². The molecular formula is C18H23NO4. The molecule has 1 aromatic carbocycles. The molecule has 5 heteroatoms. The van der Waals surface area contributed by atoms with E-state index in [1.807, 2.05) is 0 Å². The molecule has 0 saturated heterocycles. The third kappa shape index (κ3) is 6.06. The third-order valence-electron chi connectivity index (χ3n) is 2.89. The van der Waals surface area contributed by atoms with E-state index in [2.05, 4.69) is 5.32 Å². The van der Waals surface area contributed by atoms with Crippen LogP contribution in [0.2, 0.25) is 0 Å². The summed E-state index contributed by atoms with van der Waals surface area (Å²) in [4.78, 5) is 34.5. The van der Waals surface area contributed by atoms with Crippen molar-refractivity contribution >= 4 is 29.8 Å². The molecule has 0 bridgehead atoms. The fourth-order valence-corrected chi connectivity index (χ4v) is 2.03. The smallest absolute Gasteiger partial charge is 0.325 e. The zero-order valence-corrected chi connectivity index (χ0v) is 14.0. The van der Waals surface area contributed by atoms with Crippen LogP contribution >= 0.6 is 0 Å². The Morgan fingerprint density at radius 1 is 1.26 bits per heavy atom. The van der Waals surface area contributed by atoms with Crippen molar-refractivity contribution in [1.29, 1.82) is 0 Å². The molecule has 0 aliphatic heterocycles. The second kappa shape index (κ2) is 8.27. The Hall–Kier alpha value is -2.43. The first-order valence-corrected chi connectivity index (χ1v) is 7.52. The lowest BCUT2D eigenvalue weighted by Gasteiger charge is -2.20. The molecule has 0 amide bonds. The van der Waals surface area contributed by atoms with Gasteiger partial charge in [-0.2, -0.15) is 0 Å². The molecule has 0 heterocycles. The maximum atomic E-state index is 12.2. The van der Waals surface area contributed by atoms with Gasteiger partial charge in [0.2, 0.25) is 0 Å². The van der Waals surface area contributed by atoms with Crippen LogP contribution in [-0.2, 0) is 14.3 Å². The van der Waals surface area contributed by atoms with Gasteiger partial charge in [0, 0.05) is 17.7 Å². The standard InChI is InChI=1S/C18H23NO4/c1-5-15(21)17-13(9-7-11-20)8-6-10-14(17)19-12-16(22)23-18(2,3)4/h6-11,19H,5,12H2,1-4H3/b9-7+. The SMILES string of the molecule is CCC(=O)c1c(/C=C/C=O)cccc1NCC(=O)OC(C)(C)C. The molecule has 1 N–H and O–H groups in total. The van der Waals surface area contributed by atoms with Crippen LogP contribution < -0.4 is 5.32 Å². The molecule has 0 unspecified atom stereocenters. The van der Waals surface area contributed by atoms with E-state index in [9.17, 15) is 14.4 Å². The summed E-state index contributed by atoms with van der Waals surface area (Å²) < 4.78 is 5.23. The summed E-state index contributed by atoms with van der Waals surface area (Å²) in [7, 11) is 0. The average molecular weight is 317 g/mol. The van der Waals surface area contributed by atoms with Crippen molar-refractivity contribution in [2.45, 2.75) is 39.7 Å². The average Bonchev–Trinajstić information content (AvgIpc) is 2.48. The first-order chi connectivity index (χ1) is 10.8. The van der Waals surface area contributed by atoms with Gasteiger partial charge in [-0.3, -0.25) is 14.4 Å². The van der Waals surface area contributed by atoms with Gasteiger partial charge in [-0.1, -0.05) is 25.1 Å². The van der Waals surface area contributed by atoms with Gasteiger partial charge in [-0.15, -0.1) is 0 Å². The summed E-state index contributed by atoms with van der Waals surface area (Å²) in [5.41, 5.74) is 1.10. The van der Waals surface area contributed by atoms with Gasteiger partial charge in [-0.25, -0.2) is 0 Å². The van der Waals surface area contributed by atoms with Crippen LogP contribution in [0, 0.1) is 0 Å². The van der Waals surface area contributed by atoms with E-state index in [-0.39, 0.29) is 12.3 Å². The summed E-state index contributed by atoms with van der Waals surface area (Å²) in [5, 5.41) is 2.95. The highest BCUT2D eigenvalue weighted by molar-refractivity contribution is 6.05. The summed E-state index contributed by atoms with van der Waals surface area (Å²) in [6.07, 6.45) is 3.89. The molecule has 124 valence electrons. The Kier molecular flexibility index (Phi) is 6.69. The molecule has 0 aromatic heterocycles. The quantitative estimate of drug-likeness (QED) is 0.362. The Morgan fingerprint density at radius 2 is 1.96 bits per heavy atom. The van der Waals surface area contributed by atoms with Gasteiger partial charge in [0.1, 0.15) is 18.4 Å². The van der Waals surface area contributed by atoms with Crippen LogP contribution in [0.4, 0.5) is 5.69 Å². The second-order valence-corrected chi connectivity index (χ2v) is 5.98. The van der Waals surface area contributed by atoms with Crippen molar-refractivity contribution in [1.82, 2.24) is 0 Å². The number of anilines is 1. The van der Waals surface area contributed by atoms with Gasteiger partial charge < -0.3 is 10.1 Å². The monoisotopic (exact) mass is 317 g/mol. The Balaban J connectivity index is 3.01. The number of aldehydes is 1. The highest BCUT2D eigenvalue weighted by atomic mass is 16.6. The third-order valence-corrected chi connectivity index (χ3v) is 2.89. The van der Waals surface area contributed by atoms with Gasteiger partial charge >= 0.3 is 5.97 Å². The van der Waals surface area contributed by atoms with E-state index in [1.54, 1.807) is 52.0 Å². The van der Waals surface area contributed by atoms with E-state index in [0.717, 1.165) is 0 Å². The number of ether oxygens (including phenoxy) is 1. The number of Topliss-reactive ketones (excluding diaryl/α,β-unsaturated/α-hetero) is 1. The van der Waals surface area contributed by atoms with E-state index in [0.29, 0.717) is 29.5 Å². The van der Waals surface area contributed by atoms with Crippen LogP contribution in [0.5, 0.6) is 0 Å². The number of rotatable bonds is 7. The summed E-state index contributed by atoms with van der Waals surface area (Å²) in [5.74, 6) is -0.468. The van der Waals surface area contributed by atoms with E-state index in [4.69, 9.17) is 4.74 Å². The van der Waals surface area contributed by atoms with E-state index in [1.165, 1.54) is 6.08 Å². The summed E-state index contributed by atoms with van der Waals surface area (Å²) in [6.45, 7) is 7.10. The molecule has 0 fully saturated rings. The molecule has 0 atom stereocenters. The van der Waals surface area contributed by atoms with Crippen molar-refractivity contribution in [3.8, 4) is 0 Å². The maximum Gasteiger partial charge on any atom is 0.325 e. The van der Waals surface area contributed by atoms with Crippen molar-refractivity contribution in [3.05, 3.63) is 35.4 Å². The molecule has 1 rings (SSSR count). The van der Waals surface area contributed by atoms with Crippen molar-refractivity contribution in [3.63, 3.8) is 0 Å². The predicted molar refractivity (Wildman–Crippen MR) is 90.5 cm³/mol. The fraction of sp³-hybridized carbons (Fsp3) is 0.389. The van der Waals surface area contributed by atoms with Crippen molar-refractivity contribution in [2.24, 2.45) is 0 Å². The number of allylic oxidation sites excluding steroid dienone is 1. The number of benzene rings is 1. The number of hydrogen-bond donors (Lipinski definition) is 1. The topological polar surface area (TPSA) is 72.5 Å². The van der Waals surface area contributed by atoms with E-state index < -0.39 is 11.6 Å².